The first-order chi connectivity index (χ1) is 11.0. The normalized spacial score (nSPS) is 23.1. The number of terminal acetylenes is 1. The maximum atomic E-state index is 12.8. The molecule has 0 saturated carbocycles. The molecule has 0 radical (unpaired) electrons. The summed E-state index contributed by atoms with van der Waals surface area (Å²) in [6, 6.07) is 13.2. The average molecular weight is 327 g/mol. The second kappa shape index (κ2) is 5.73. The average Bonchev–Trinajstić information content (AvgIpc) is 3.30. The Labute approximate surface area is 136 Å². The number of para-hydroxylation sites is 1. The molecular formula is C18H17NO3S. The van der Waals surface area contributed by atoms with Crippen molar-refractivity contribution in [3.05, 3.63) is 59.7 Å². The van der Waals surface area contributed by atoms with E-state index in [1.54, 1.807) is 37.4 Å². The van der Waals surface area contributed by atoms with Gasteiger partial charge in [-0.05, 0) is 25.1 Å². The van der Waals surface area contributed by atoms with E-state index in [4.69, 9.17) is 11.2 Å². The predicted octanol–water partition coefficient (Wildman–Crippen LogP) is 2.75. The zero-order chi connectivity index (χ0) is 16.6. The van der Waals surface area contributed by atoms with Gasteiger partial charge in [0.05, 0.1) is 18.0 Å². The fourth-order valence-corrected chi connectivity index (χ4v) is 4.40. The molecule has 0 bridgehead atoms. The Morgan fingerprint density at radius 1 is 1.13 bits per heavy atom. The Morgan fingerprint density at radius 2 is 1.78 bits per heavy atom. The first kappa shape index (κ1) is 15.6. The van der Waals surface area contributed by atoms with Crippen molar-refractivity contribution >= 4 is 10.0 Å². The minimum absolute atomic E-state index is 0.251. The van der Waals surface area contributed by atoms with E-state index in [1.807, 2.05) is 25.1 Å². The second-order valence-electron chi connectivity index (χ2n) is 5.45. The van der Waals surface area contributed by atoms with E-state index in [2.05, 4.69) is 5.92 Å². The molecule has 1 saturated heterocycles. The van der Waals surface area contributed by atoms with Crippen molar-refractivity contribution in [1.29, 1.82) is 0 Å². The van der Waals surface area contributed by atoms with E-state index in [0.29, 0.717) is 5.75 Å². The van der Waals surface area contributed by atoms with Crippen LogP contribution in [0.1, 0.15) is 17.2 Å². The summed E-state index contributed by atoms with van der Waals surface area (Å²) < 4.78 is 32.4. The molecule has 1 heterocycles. The van der Waals surface area contributed by atoms with Gasteiger partial charge in [0.1, 0.15) is 11.8 Å². The number of benzene rings is 2. The second-order valence-corrected chi connectivity index (χ2v) is 7.29. The van der Waals surface area contributed by atoms with Crippen LogP contribution in [-0.2, 0) is 10.0 Å². The van der Waals surface area contributed by atoms with Crippen molar-refractivity contribution in [2.45, 2.75) is 23.9 Å². The van der Waals surface area contributed by atoms with Crippen LogP contribution < -0.4 is 4.74 Å². The zero-order valence-electron chi connectivity index (χ0n) is 12.9. The van der Waals surface area contributed by atoms with Crippen molar-refractivity contribution in [3.8, 4) is 18.1 Å². The summed E-state index contributed by atoms with van der Waals surface area (Å²) in [6.45, 7) is 1.91. The summed E-state index contributed by atoms with van der Waals surface area (Å²) in [7, 11) is -2.07. The lowest BCUT2D eigenvalue weighted by atomic mass is 10.1. The summed E-state index contributed by atoms with van der Waals surface area (Å²) in [4.78, 5) is 0.251. The SMILES string of the molecule is C#C[C@H]1[C@@H](c2ccccc2OC)N1S(=O)(=O)c1ccc(C)cc1. The minimum atomic E-state index is -3.63. The molecule has 1 aliphatic rings. The van der Waals surface area contributed by atoms with Crippen molar-refractivity contribution in [1.82, 2.24) is 4.31 Å². The maximum absolute atomic E-state index is 12.8. The van der Waals surface area contributed by atoms with Gasteiger partial charge >= 0.3 is 0 Å². The number of hydrogen-bond donors (Lipinski definition) is 0. The highest BCUT2D eigenvalue weighted by Crippen LogP contribution is 2.49. The first-order valence-electron chi connectivity index (χ1n) is 7.20. The number of nitrogens with zero attached hydrogens (tertiary/aromatic N) is 1. The summed E-state index contributed by atoms with van der Waals surface area (Å²) in [6.07, 6.45) is 5.55. The Hall–Kier alpha value is -2.29. The van der Waals surface area contributed by atoms with Gasteiger partial charge in [-0.3, -0.25) is 0 Å². The largest absolute Gasteiger partial charge is 0.496 e. The molecule has 118 valence electrons. The summed E-state index contributed by atoms with van der Waals surface area (Å²) in [5.74, 6) is 3.21. The molecule has 1 fully saturated rings. The molecule has 2 aromatic carbocycles. The Bertz CT molecular complexity index is 866. The van der Waals surface area contributed by atoms with Gasteiger partial charge in [-0.25, -0.2) is 8.42 Å². The van der Waals surface area contributed by atoms with Gasteiger partial charge in [0.2, 0.25) is 10.0 Å². The van der Waals surface area contributed by atoms with Crippen LogP contribution in [0.5, 0.6) is 5.75 Å². The third kappa shape index (κ3) is 2.61. The third-order valence-corrected chi connectivity index (χ3v) is 5.86. The van der Waals surface area contributed by atoms with Gasteiger partial charge in [0.25, 0.3) is 0 Å². The van der Waals surface area contributed by atoms with Gasteiger partial charge in [-0.2, -0.15) is 4.31 Å². The molecule has 1 unspecified atom stereocenters. The molecule has 3 atom stereocenters. The standard InChI is InChI=1S/C18H17NO3S/c1-4-16-18(15-7-5-6-8-17(15)22-3)19(16)23(20,21)14-11-9-13(2)10-12-14/h1,5-12,16,18H,2-3H3/t16-,18+,19?/m0/s1. The molecule has 0 amide bonds. The highest BCUT2D eigenvalue weighted by Gasteiger charge is 2.56. The lowest BCUT2D eigenvalue weighted by molar-refractivity contribution is 0.408. The topological polar surface area (TPSA) is 46.4 Å². The van der Waals surface area contributed by atoms with E-state index in [1.165, 1.54) is 4.31 Å². The molecular weight excluding hydrogens is 310 g/mol. The van der Waals surface area contributed by atoms with E-state index >= 15 is 0 Å². The monoisotopic (exact) mass is 327 g/mol. The van der Waals surface area contributed by atoms with Crippen LogP contribution in [0.25, 0.3) is 0 Å². The number of aryl methyl sites for hydroxylation is 1. The molecule has 0 aliphatic carbocycles. The Balaban J connectivity index is 2.00. The van der Waals surface area contributed by atoms with Crippen LogP contribution in [0.3, 0.4) is 0 Å². The number of sulfonamides is 1. The summed E-state index contributed by atoms with van der Waals surface area (Å²) >= 11 is 0. The highest BCUT2D eigenvalue weighted by molar-refractivity contribution is 7.89. The number of ether oxygens (including phenoxy) is 1. The van der Waals surface area contributed by atoms with Crippen molar-refractivity contribution in [2.24, 2.45) is 0 Å². The molecule has 1 aliphatic heterocycles. The molecule has 2 aromatic rings. The van der Waals surface area contributed by atoms with E-state index in [9.17, 15) is 8.42 Å². The smallest absolute Gasteiger partial charge is 0.244 e. The summed E-state index contributed by atoms with van der Waals surface area (Å²) in [5.41, 5.74) is 1.79. The predicted molar refractivity (Wildman–Crippen MR) is 88.6 cm³/mol. The molecule has 0 aromatic heterocycles. The summed E-state index contributed by atoms with van der Waals surface area (Å²) in [5, 5.41) is 0. The van der Waals surface area contributed by atoms with Crippen LogP contribution in [-0.4, -0.2) is 25.9 Å². The molecule has 0 N–H and O–H groups in total. The van der Waals surface area contributed by atoms with Crippen LogP contribution >= 0.6 is 0 Å². The quantitative estimate of drug-likeness (QED) is 0.641. The molecule has 23 heavy (non-hydrogen) atoms. The van der Waals surface area contributed by atoms with Crippen LogP contribution in [0.2, 0.25) is 0 Å². The van der Waals surface area contributed by atoms with Gasteiger partial charge in [0.15, 0.2) is 0 Å². The van der Waals surface area contributed by atoms with Crippen molar-refractivity contribution < 1.29 is 13.2 Å². The number of hydrogen-bond acceptors (Lipinski definition) is 3. The number of rotatable bonds is 4. The zero-order valence-corrected chi connectivity index (χ0v) is 13.7. The van der Waals surface area contributed by atoms with Gasteiger partial charge in [0, 0.05) is 5.56 Å². The van der Waals surface area contributed by atoms with Crippen LogP contribution in [0.4, 0.5) is 0 Å². The van der Waals surface area contributed by atoms with E-state index in [-0.39, 0.29) is 10.9 Å². The van der Waals surface area contributed by atoms with Crippen LogP contribution in [0, 0.1) is 19.3 Å². The number of methoxy groups -OCH3 is 1. The van der Waals surface area contributed by atoms with Gasteiger partial charge < -0.3 is 4.74 Å². The molecule has 4 nitrogen and oxygen atoms in total. The van der Waals surface area contributed by atoms with E-state index in [0.717, 1.165) is 11.1 Å². The van der Waals surface area contributed by atoms with E-state index < -0.39 is 16.1 Å². The third-order valence-electron chi connectivity index (χ3n) is 3.98. The molecule has 3 rings (SSSR count). The lowest BCUT2D eigenvalue weighted by Gasteiger charge is -2.09. The first-order valence-corrected chi connectivity index (χ1v) is 8.64. The molecule has 0 spiro atoms. The fourth-order valence-electron chi connectivity index (χ4n) is 2.72. The van der Waals surface area contributed by atoms with Gasteiger partial charge in [-0.1, -0.05) is 41.8 Å². The fraction of sp³-hybridized carbons (Fsp3) is 0.222. The highest BCUT2D eigenvalue weighted by atomic mass is 32.2. The van der Waals surface area contributed by atoms with Crippen molar-refractivity contribution in [3.63, 3.8) is 0 Å². The minimum Gasteiger partial charge on any atom is -0.496 e. The maximum Gasteiger partial charge on any atom is 0.244 e. The van der Waals surface area contributed by atoms with Crippen molar-refractivity contribution in [2.75, 3.05) is 7.11 Å². The van der Waals surface area contributed by atoms with Gasteiger partial charge in [-0.15, -0.1) is 6.42 Å². The Morgan fingerprint density at radius 3 is 2.39 bits per heavy atom. The molecule has 5 heteroatoms. The Kier molecular flexibility index (Phi) is 3.88. The van der Waals surface area contributed by atoms with Crippen LogP contribution in [0.15, 0.2) is 53.4 Å². The lowest BCUT2D eigenvalue weighted by Crippen LogP contribution is -2.14.